The number of amides is 1. The first-order valence-electron chi connectivity index (χ1n) is 10.5. The van der Waals surface area contributed by atoms with E-state index in [1.54, 1.807) is 24.0 Å². The summed E-state index contributed by atoms with van der Waals surface area (Å²) in [4.78, 5) is 14.1. The molecule has 1 fully saturated rings. The lowest BCUT2D eigenvalue weighted by atomic mass is 9.89. The number of carbonyl (C=O) groups excluding carboxylic acids is 1. The largest absolute Gasteiger partial charge is 0.444 e. The standard InChI is InChI=1S/C24H27ClFNO4/c1-23(2,3)31-22(28)27-12-10-15(11-13-27)17-6-5-7-20-21(17)30-24(4,29-20)18-9-8-16(25)14-19(18)26/h5-9,14-15H,10-13H2,1-4H3/t24-/m0/s1. The van der Waals surface area contributed by atoms with Crippen LogP contribution in [0.3, 0.4) is 0 Å². The van der Waals surface area contributed by atoms with E-state index in [9.17, 15) is 9.18 Å². The van der Waals surface area contributed by atoms with Crippen molar-refractivity contribution in [3.8, 4) is 11.5 Å². The molecule has 0 radical (unpaired) electrons. The van der Waals surface area contributed by atoms with Crippen molar-refractivity contribution >= 4 is 17.7 Å². The number of benzene rings is 2. The number of fused-ring (bicyclic) bond motifs is 1. The summed E-state index contributed by atoms with van der Waals surface area (Å²) in [5.41, 5.74) is 0.791. The van der Waals surface area contributed by atoms with Crippen LogP contribution in [0.1, 0.15) is 57.6 Å². The zero-order valence-electron chi connectivity index (χ0n) is 18.2. The van der Waals surface area contributed by atoms with Crippen molar-refractivity contribution in [2.24, 2.45) is 0 Å². The molecule has 1 amide bonds. The van der Waals surface area contributed by atoms with Crippen LogP contribution < -0.4 is 9.47 Å². The number of halogens is 2. The molecule has 5 nitrogen and oxygen atoms in total. The molecule has 0 aliphatic carbocycles. The van der Waals surface area contributed by atoms with Crippen molar-refractivity contribution in [2.45, 2.75) is 57.8 Å². The first kappa shape index (κ1) is 21.8. The Morgan fingerprint density at radius 1 is 1.19 bits per heavy atom. The van der Waals surface area contributed by atoms with Crippen LogP contribution in [-0.2, 0) is 10.5 Å². The van der Waals surface area contributed by atoms with Crippen LogP contribution in [0.25, 0.3) is 0 Å². The van der Waals surface area contributed by atoms with E-state index in [2.05, 4.69) is 0 Å². The molecule has 0 aromatic heterocycles. The summed E-state index contributed by atoms with van der Waals surface area (Å²) in [6, 6.07) is 10.2. The number of piperidine rings is 1. The molecule has 31 heavy (non-hydrogen) atoms. The van der Waals surface area contributed by atoms with Gasteiger partial charge in [0.1, 0.15) is 11.4 Å². The first-order chi connectivity index (χ1) is 14.6. The van der Waals surface area contributed by atoms with Crippen molar-refractivity contribution in [3.05, 3.63) is 58.4 Å². The van der Waals surface area contributed by atoms with Crippen molar-refractivity contribution in [1.82, 2.24) is 4.90 Å². The van der Waals surface area contributed by atoms with E-state index in [1.165, 1.54) is 6.07 Å². The SMILES string of the molecule is CC(C)(C)OC(=O)N1CCC(c2cccc3c2O[C@@](C)(c2ccc(Cl)cc2F)O3)CC1. The zero-order chi connectivity index (χ0) is 22.4. The highest BCUT2D eigenvalue weighted by atomic mass is 35.5. The number of hydrogen-bond acceptors (Lipinski definition) is 4. The Kier molecular flexibility index (Phi) is 5.54. The van der Waals surface area contributed by atoms with Crippen LogP contribution in [-0.4, -0.2) is 29.7 Å². The number of likely N-dealkylation sites (tertiary alicyclic amines) is 1. The van der Waals surface area contributed by atoms with Crippen LogP contribution in [0, 0.1) is 5.82 Å². The topological polar surface area (TPSA) is 48.0 Å². The van der Waals surface area contributed by atoms with E-state index in [4.69, 9.17) is 25.8 Å². The molecule has 2 aromatic carbocycles. The van der Waals surface area contributed by atoms with Gasteiger partial charge in [-0.1, -0.05) is 23.7 Å². The molecule has 0 unspecified atom stereocenters. The van der Waals surface area contributed by atoms with Gasteiger partial charge in [-0.2, -0.15) is 0 Å². The van der Waals surface area contributed by atoms with Gasteiger partial charge in [0, 0.05) is 30.6 Å². The van der Waals surface area contributed by atoms with E-state index in [-0.39, 0.29) is 12.0 Å². The van der Waals surface area contributed by atoms with Gasteiger partial charge >= 0.3 is 6.09 Å². The number of para-hydroxylation sites is 1. The second-order valence-electron chi connectivity index (χ2n) is 9.19. The van der Waals surface area contributed by atoms with E-state index < -0.39 is 17.2 Å². The van der Waals surface area contributed by atoms with E-state index in [0.717, 1.165) is 18.4 Å². The molecule has 7 heteroatoms. The molecule has 2 aromatic rings. The number of rotatable bonds is 2. The Balaban J connectivity index is 1.51. The predicted molar refractivity (Wildman–Crippen MR) is 116 cm³/mol. The van der Waals surface area contributed by atoms with Crippen molar-refractivity contribution in [1.29, 1.82) is 0 Å². The number of carbonyl (C=O) groups is 1. The third-order valence-electron chi connectivity index (χ3n) is 5.62. The molecular formula is C24H27ClFNO4. The van der Waals surface area contributed by atoms with Gasteiger partial charge < -0.3 is 19.1 Å². The Morgan fingerprint density at radius 3 is 2.55 bits per heavy atom. The van der Waals surface area contributed by atoms with Crippen molar-refractivity contribution in [2.75, 3.05) is 13.1 Å². The van der Waals surface area contributed by atoms with Crippen molar-refractivity contribution in [3.63, 3.8) is 0 Å². The minimum atomic E-state index is -1.27. The van der Waals surface area contributed by atoms with Gasteiger partial charge in [0.15, 0.2) is 11.5 Å². The molecule has 4 rings (SSSR count). The van der Waals surface area contributed by atoms with Crippen LogP contribution in [0.2, 0.25) is 5.02 Å². The molecule has 2 aliphatic rings. The number of ether oxygens (including phenoxy) is 3. The normalized spacial score (nSPS) is 21.3. The quantitative estimate of drug-likeness (QED) is 0.546. The molecule has 2 heterocycles. The van der Waals surface area contributed by atoms with E-state index in [1.807, 2.05) is 39.0 Å². The van der Waals surface area contributed by atoms with Crippen molar-refractivity contribution < 1.29 is 23.4 Å². The molecular weight excluding hydrogens is 421 g/mol. The fourth-order valence-corrected chi connectivity index (χ4v) is 4.30. The summed E-state index contributed by atoms with van der Waals surface area (Å²) < 4.78 is 32.3. The smallest absolute Gasteiger partial charge is 0.410 e. The maximum atomic E-state index is 14.6. The zero-order valence-corrected chi connectivity index (χ0v) is 19.0. The Hall–Kier alpha value is -2.47. The second-order valence-corrected chi connectivity index (χ2v) is 9.63. The Morgan fingerprint density at radius 2 is 1.90 bits per heavy atom. The lowest BCUT2D eigenvalue weighted by Gasteiger charge is -2.34. The van der Waals surface area contributed by atoms with Crippen LogP contribution in [0.15, 0.2) is 36.4 Å². The monoisotopic (exact) mass is 447 g/mol. The summed E-state index contributed by atoms with van der Waals surface area (Å²) in [6.07, 6.45) is 1.28. The molecule has 1 saturated heterocycles. The van der Waals surface area contributed by atoms with Gasteiger partial charge in [0.25, 0.3) is 5.79 Å². The first-order valence-corrected chi connectivity index (χ1v) is 10.9. The maximum Gasteiger partial charge on any atom is 0.410 e. The van der Waals surface area contributed by atoms with Gasteiger partial charge in [-0.25, -0.2) is 9.18 Å². The molecule has 1 atom stereocenters. The second kappa shape index (κ2) is 7.90. The third kappa shape index (κ3) is 4.45. The fourth-order valence-electron chi connectivity index (χ4n) is 4.14. The summed E-state index contributed by atoms with van der Waals surface area (Å²) in [7, 11) is 0. The van der Waals surface area contributed by atoms with Gasteiger partial charge in [0.05, 0.1) is 5.56 Å². The molecule has 2 aliphatic heterocycles. The fraction of sp³-hybridized carbons (Fsp3) is 0.458. The van der Waals surface area contributed by atoms with Gasteiger partial charge in [-0.3, -0.25) is 0 Å². The highest BCUT2D eigenvalue weighted by Crippen LogP contribution is 2.49. The summed E-state index contributed by atoms with van der Waals surface area (Å²) in [5, 5.41) is 0.317. The van der Waals surface area contributed by atoms with Gasteiger partial charge in [0.2, 0.25) is 0 Å². The molecule has 0 bridgehead atoms. The minimum Gasteiger partial charge on any atom is -0.444 e. The third-order valence-corrected chi connectivity index (χ3v) is 5.85. The summed E-state index contributed by atoms with van der Waals surface area (Å²) >= 11 is 5.90. The minimum absolute atomic E-state index is 0.203. The predicted octanol–water partition coefficient (Wildman–Crippen LogP) is 6.24. The van der Waals surface area contributed by atoms with Gasteiger partial charge in [-0.05, 0) is 63.8 Å². The highest BCUT2D eigenvalue weighted by molar-refractivity contribution is 6.30. The van der Waals surface area contributed by atoms with Crippen LogP contribution in [0.4, 0.5) is 9.18 Å². The lowest BCUT2D eigenvalue weighted by molar-refractivity contribution is -0.0711. The van der Waals surface area contributed by atoms with Crippen LogP contribution in [0.5, 0.6) is 11.5 Å². The molecule has 0 saturated carbocycles. The maximum absolute atomic E-state index is 14.6. The van der Waals surface area contributed by atoms with E-state index in [0.29, 0.717) is 35.2 Å². The summed E-state index contributed by atoms with van der Waals surface area (Å²) in [6.45, 7) is 8.50. The lowest BCUT2D eigenvalue weighted by Crippen LogP contribution is -2.41. The Bertz CT molecular complexity index is 998. The summed E-state index contributed by atoms with van der Waals surface area (Å²) in [5.74, 6) is -0.326. The molecule has 166 valence electrons. The number of hydrogen-bond donors (Lipinski definition) is 0. The van der Waals surface area contributed by atoms with Gasteiger partial charge in [-0.15, -0.1) is 0 Å². The highest BCUT2D eigenvalue weighted by Gasteiger charge is 2.43. The number of nitrogens with zero attached hydrogens (tertiary/aromatic N) is 1. The average molecular weight is 448 g/mol. The molecule has 0 N–H and O–H groups in total. The average Bonchev–Trinajstić information content (AvgIpc) is 3.03. The molecule has 0 spiro atoms. The van der Waals surface area contributed by atoms with E-state index >= 15 is 0 Å². The Labute approximate surface area is 187 Å². The van der Waals surface area contributed by atoms with Crippen LogP contribution >= 0.6 is 11.6 Å².